The van der Waals surface area contributed by atoms with Crippen molar-refractivity contribution < 1.29 is 28.7 Å². The molecule has 3 amide bonds. The van der Waals surface area contributed by atoms with Gasteiger partial charge in [0.15, 0.2) is 0 Å². The molecular weight excluding hydrogens is 420 g/mol. The van der Waals surface area contributed by atoms with Crippen LogP contribution >= 0.6 is 11.8 Å². The Kier molecular flexibility index (Phi) is 5.94. The molecule has 1 N–H and O–H groups in total. The molecule has 1 aromatic carbocycles. The summed E-state index contributed by atoms with van der Waals surface area (Å²) in [4.78, 5) is 51.2. The highest BCUT2D eigenvalue weighted by atomic mass is 32.2. The van der Waals surface area contributed by atoms with Gasteiger partial charge in [-0.05, 0) is 55.3 Å². The molecule has 0 bridgehead atoms. The highest BCUT2D eigenvalue weighted by Gasteiger charge is 2.37. The van der Waals surface area contributed by atoms with Crippen molar-refractivity contribution in [2.24, 2.45) is 0 Å². The molecule has 2 aliphatic heterocycles. The van der Waals surface area contributed by atoms with Crippen LogP contribution in [0.25, 0.3) is 17.4 Å². The smallest absolute Gasteiger partial charge is 0.335 e. The van der Waals surface area contributed by atoms with Crippen LogP contribution in [0, 0.1) is 0 Å². The third-order valence-corrected chi connectivity index (χ3v) is 6.10. The van der Waals surface area contributed by atoms with Crippen LogP contribution in [0.4, 0.5) is 4.79 Å². The Morgan fingerprint density at radius 3 is 2.42 bits per heavy atom. The molecule has 0 unspecified atom stereocenters. The second-order valence-corrected chi connectivity index (χ2v) is 8.29. The number of hydrogen-bond donors (Lipinski definition) is 1. The zero-order chi connectivity index (χ0) is 22.0. The number of imide groups is 1. The molecule has 2 aromatic rings. The minimum atomic E-state index is -1.01. The largest absolute Gasteiger partial charge is 0.478 e. The zero-order valence-electron chi connectivity index (χ0n) is 16.6. The zero-order valence-corrected chi connectivity index (χ0v) is 17.4. The molecule has 0 aliphatic carbocycles. The summed E-state index contributed by atoms with van der Waals surface area (Å²) in [5.41, 5.74) is 0.855. The van der Waals surface area contributed by atoms with Crippen molar-refractivity contribution in [2.75, 3.05) is 19.6 Å². The summed E-state index contributed by atoms with van der Waals surface area (Å²) in [6.07, 6.45) is 4.44. The molecule has 1 aromatic heterocycles. The van der Waals surface area contributed by atoms with Crippen molar-refractivity contribution in [3.05, 3.63) is 52.6 Å². The maximum atomic E-state index is 12.7. The Labute approximate surface area is 182 Å². The summed E-state index contributed by atoms with van der Waals surface area (Å²) in [7, 11) is 0. The van der Waals surface area contributed by atoms with Gasteiger partial charge in [-0.2, -0.15) is 0 Å². The van der Waals surface area contributed by atoms with Crippen molar-refractivity contribution >= 4 is 40.9 Å². The molecule has 3 heterocycles. The second kappa shape index (κ2) is 8.81. The first-order valence-electron chi connectivity index (χ1n) is 9.89. The number of likely N-dealkylation sites (tertiary alicyclic amines) is 1. The number of amides is 3. The maximum absolute atomic E-state index is 12.7. The average Bonchev–Trinajstić information content (AvgIpc) is 3.35. The van der Waals surface area contributed by atoms with Gasteiger partial charge in [0.25, 0.3) is 11.1 Å². The summed E-state index contributed by atoms with van der Waals surface area (Å²) in [5.74, 6) is -0.855. The fraction of sp³-hybridized carbons (Fsp3) is 0.273. The van der Waals surface area contributed by atoms with E-state index in [1.54, 1.807) is 29.2 Å². The Bertz CT molecular complexity index is 1070. The van der Waals surface area contributed by atoms with Crippen LogP contribution in [0.15, 0.2) is 45.7 Å². The minimum absolute atomic E-state index is 0.170. The van der Waals surface area contributed by atoms with Gasteiger partial charge in [-0.15, -0.1) is 0 Å². The second-order valence-electron chi connectivity index (χ2n) is 7.29. The number of hydrogen-bond acceptors (Lipinski definition) is 6. The molecule has 31 heavy (non-hydrogen) atoms. The number of piperidine rings is 1. The van der Waals surface area contributed by atoms with E-state index in [1.165, 1.54) is 18.2 Å². The SMILES string of the molecule is O=C(O)c1ccc(-c2ccc(/C=C3\SC(=O)N(CC(=O)N4CCCCC4)C3=O)o2)cc1. The summed E-state index contributed by atoms with van der Waals surface area (Å²) in [6.45, 7) is 1.07. The third-order valence-electron chi connectivity index (χ3n) is 5.19. The van der Waals surface area contributed by atoms with Crippen molar-refractivity contribution in [3.8, 4) is 11.3 Å². The van der Waals surface area contributed by atoms with E-state index in [0.717, 1.165) is 35.9 Å². The number of carboxylic acids is 1. The molecular formula is C22H20N2O6S. The molecule has 2 aliphatic rings. The number of benzene rings is 1. The molecule has 4 rings (SSSR count). The van der Waals surface area contributed by atoms with Crippen LogP contribution in [0.1, 0.15) is 35.4 Å². The molecule has 9 heteroatoms. The molecule has 2 fully saturated rings. The quantitative estimate of drug-likeness (QED) is 0.706. The van der Waals surface area contributed by atoms with Crippen molar-refractivity contribution in [2.45, 2.75) is 19.3 Å². The van der Waals surface area contributed by atoms with E-state index >= 15 is 0 Å². The van der Waals surface area contributed by atoms with E-state index in [0.29, 0.717) is 30.2 Å². The lowest BCUT2D eigenvalue weighted by molar-refractivity contribution is -0.136. The number of carbonyl (C=O) groups excluding carboxylic acids is 3. The summed E-state index contributed by atoms with van der Waals surface area (Å²) < 4.78 is 5.73. The van der Waals surface area contributed by atoms with Crippen LogP contribution in [-0.4, -0.2) is 57.6 Å². The van der Waals surface area contributed by atoms with Crippen molar-refractivity contribution in [1.82, 2.24) is 9.80 Å². The Hall–Kier alpha value is -3.33. The van der Waals surface area contributed by atoms with Gasteiger partial charge in [0.05, 0.1) is 10.5 Å². The summed E-state index contributed by atoms with van der Waals surface area (Å²) in [5, 5.41) is 8.51. The molecule has 8 nitrogen and oxygen atoms in total. The Morgan fingerprint density at radius 2 is 1.74 bits per heavy atom. The molecule has 0 radical (unpaired) electrons. The maximum Gasteiger partial charge on any atom is 0.335 e. The molecule has 0 atom stereocenters. The third kappa shape index (κ3) is 4.56. The number of carboxylic acid groups (broad SMARTS) is 1. The molecule has 0 saturated carbocycles. The van der Waals surface area contributed by atoms with E-state index < -0.39 is 17.1 Å². The Balaban J connectivity index is 1.45. The van der Waals surface area contributed by atoms with E-state index in [1.807, 2.05) is 0 Å². The lowest BCUT2D eigenvalue weighted by atomic mass is 10.1. The normalized spacial score (nSPS) is 18.1. The van der Waals surface area contributed by atoms with Crippen LogP contribution in [-0.2, 0) is 9.59 Å². The topological polar surface area (TPSA) is 108 Å². The van der Waals surface area contributed by atoms with Crippen LogP contribution in [0.3, 0.4) is 0 Å². The monoisotopic (exact) mass is 440 g/mol. The van der Waals surface area contributed by atoms with Crippen LogP contribution in [0.5, 0.6) is 0 Å². The number of aromatic carboxylic acids is 1. The lowest BCUT2D eigenvalue weighted by Gasteiger charge is -2.27. The first kappa shape index (κ1) is 20.9. The number of thioether (sulfide) groups is 1. The predicted molar refractivity (Wildman–Crippen MR) is 114 cm³/mol. The first-order chi connectivity index (χ1) is 14.9. The number of rotatable bonds is 5. The number of nitrogens with zero attached hydrogens (tertiary/aromatic N) is 2. The highest BCUT2D eigenvalue weighted by Crippen LogP contribution is 2.33. The fourth-order valence-electron chi connectivity index (χ4n) is 3.51. The van der Waals surface area contributed by atoms with Gasteiger partial charge in [0.2, 0.25) is 5.91 Å². The summed E-state index contributed by atoms with van der Waals surface area (Å²) >= 11 is 0.778. The molecule has 160 valence electrons. The fourth-order valence-corrected chi connectivity index (χ4v) is 4.33. The standard InChI is InChI=1S/C22H20N2O6S/c25-19(23-10-2-1-3-11-23)13-24-20(26)18(31-22(24)29)12-16-8-9-17(30-16)14-4-6-15(7-5-14)21(27)28/h4-9,12H,1-3,10-11,13H2,(H,27,28)/b18-12-. The highest BCUT2D eigenvalue weighted by molar-refractivity contribution is 8.18. The Morgan fingerprint density at radius 1 is 1.03 bits per heavy atom. The van der Waals surface area contributed by atoms with Gasteiger partial charge >= 0.3 is 5.97 Å². The van der Waals surface area contributed by atoms with Gasteiger partial charge in [-0.25, -0.2) is 4.79 Å². The lowest BCUT2D eigenvalue weighted by Crippen LogP contribution is -2.44. The molecule has 0 spiro atoms. The number of carbonyl (C=O) groups is 4. The summed E-state index contributed by atoms with van der Waals surface area (Å²) in [6, 6.07) is 9.58. The van der Waals surface area contributed by atoms with Gasteiger partial charge in [0, 0.05) is 24.7 Å². The first-order valence-corrected chi connectivity index (χ1v) is 10.7. The van der Waals surface area contributed by atoms with E-state index in [-0.39, 0.29) is 22.9 Å². The predicted octanol–water partition coefficient (Wildman–Crippen LogP) is 3.69. The van der Waals surface area contributed by atoms with Crippen LogP contribution < -0.4 is 0 Å². The van der Waals surface area contributed by atoms with Gasteiger partial charge in [0.1, 0.15) is 18.1 Å². The molecule has 2 saturated heterocycles. The van der Waals surface area contributed by atoms with Gasteiger partial charge in [-0.1, -0.05) is 12.1 Å². The van der Waals surface area contributed by atoms with E-state index in [2.05, 4.69) is 0 Å². The van der Waals surface area contributed by atoms with Gasteiger partial charge in [-0.3, -0.25) is 19.3 Å². The van der Waals surface area contributed by atoms with E-state index in [4.69, 9.17) is 9.52 Å². The van der Waals surface area contributed by atoms with E-state index in [9.17, 15) is 19.2 Å². The average molecular weight is 440 g/mol. The van der Waals surface area contributed by atoms with Crippen LogP contribution in [0.2, 0.25) is 0 Å². The van der Waals surface area contributed by atoms with Crippen molar-refractivity contribution in [1.29, 1.82) is 0 Å². The van der Waals surface area contributed by atoms with Gasteiger partial charge < -0.3 is 14.4 Å². The minimum Gasteiger partial charge on any atom is -0.478 e. The number of furan rings is 1. The van der Waals surface area contributed by atoms with Crippen molar-refractivity contribution in [3.63, 3.8) is 0 Å².